The van der Waals surface area contributed by atoms with Gasteiger partial charge in [-0.1, -0.05) is 6.07 Å². The fourth-order valence-corrected chi connectivity index (χ4v) is 2.68. The molecule has 0 amide bonds. The SMILES string of the molecule is COC(=O)c1ccc2c(c1)CC(Nc1ncncc1C#N)C2. The molecule has 110 valence electrons. The van der Waals surface area contributed by atoms with Crippen molar-refractivity contribution < 1.29 is 9.53 Å². The van der Waals surface area contributed by atoms with E-state index in [1.54, 1.807) is 6.07 Å². The first kappa shape index (κ1) is 14.0. The monoisotopic (exact) mass is 294 g/mol. The van der Waals surface area contributed by atoms with Crippen molar-refractivity contribution in [2.75, 3.05) is 12.4 Å². The third-order valence-electron chi connectivity index (χ3n) is 3.73. The van der Waals surface area contributed by atoms with Crippen LogP contribution >= 0.6 is 0 Å². The van der Waals surface area contributed by atoms with E-state index in [4.69, 9.17) is 10.00 Å². The Hall–Kier alpha value is -2.94. The number of fused-ring (bicyclic) bond motifs is 1. The van der Waals surface area contributed by atoms with Crippen molar-refractivity contribution >= 4 is 11.8 Å². The largest absolute Gasteiger partial charge is 0.465 e. The number of nitriles is 1. The minimum atomic E-state index is -0.332. The minimum absolute atomic E-state index is 0.143. The first-order valence-electron chi connectivity index (χ1n) is 6.88. The van der Waals surface area contributed by atoms with Gasteiger partial charge in [-0.25, -0.2) is 14.8 Å². The lowest BCUT2D eigenvalue weighted by atomic mass is 10.1. The van der Waals surface area contributed by atoms with Gasteiger partial charge in [0, 0.05) is 6.04 Å². The van der Waals surface area contributed by atoms with Gasteiger partial charge in [0.15, 0.2) is 0 Å². The number of carbonyl (C=O) groups excluding carboxylic acids is 1. The average Bonchev–Trinajstić information content (AvgIpc) is 2.95. The molecule has 1 aromatic carbocycles. The highest BCUT2D eigenvalue weighted by atomic mass is 16.5. The smallest absolute Gasteiger partial charge is 0.337 e. The van der Waals surface area contributed by atoms with Gasteiger partial charge in [-0.05, 0) is 36.1 Å². The lowest BCUT2D eigenvalue weighted by Gasteiger charge is -2.13. The first-order valence-corrected chi connectivity index (χ1v) is 6.88. The second-order valence-corrected chi connectivity index (χ2v) is 5.12. The minimum Gasteiger partial charge on any atom is -0.465 e. The maximum atomic E-state index is 11.6. The number of esters is 1. The highest BCUT2D eigenvalue weighted by molar-refractivity contribution is 5.89. The van der Waals surface area contributed by atoms with E-state index in [2.05, 4.69) is 21.4 Å². The molecule has 1 heterocycles. The normalized spacial score (nSPS) is 15.7. The predicted molar refractivity (Wildman–Crippen MR) is 79.3 cm³/mol. The molecule has 0 saturated carbocycles. The molecular formula is C16H14N4O2. The number of carbonyl (C=O) groups is 1. The molecule has 0 radical (unpaired) electrons. The van der Waals surface area contributed by atoms with Crippen molar-refractivity contribution in [1.82, 2.24) is 9.97 Å². The average molecular weight is 294 g/mol. The van der Waals surface area contributed by atoms with Crippen LogP contribution in [0.5, 0.6) is 0 Å². The number of anilines is 1. The lowest BCUT2D eigenvalue weighted by molar-refractivity contribution is 0.0600. The number of nitrogens with one attached hydrogen (secondary N) is 1. The van der Waals surface area contributed by atoms with Crippen LogP contribution in [0, 0.1) is 11.3 Å². The number of aromatic nitrogens is 2. The van der Waals surface area contributed by atoms with E-state index in [9.17, 15) is 4.79 Å². The van der Waals surface area contributed by atoms with E-state index in [-0.39, 0.29) is 12.0 Å². The molecule has 22 heavy (non-hydrogen) atoms. The molecule has 1 aliphatic carbocycles. The van der Waals surface area contributed by atoms with Crippen LogP contribution in [0.25, 0.3) is 0 Å². The summed E-state index contributed by atoms with van der Waals surface area (Å²) in [5.41, 5.74) is 3.29. The highest BCUT2D eigenvalue weighted by Gasteiger charge is 2.23. The van der Waals surface area contributed by atoms with Gasteiger partial charge in [0.05, 0.1) is 18.9 Å². The van der Waals surface area contributed by atoms with Crippen molar-refractivity contribution in [3.63, 3.8) is 0 Å². The molecule has 0 spiro atoms. The molecule has 3 rings (SSSR count). The molecule has 0 bridgehead atoms. The van der Waals surface area contributed by atoms with Crippen molar-refractivity contribution in [2.24, 2.45) is 0 Å². The summed E-state index contributed by atoms with van der Waals surface area (Å²) >= 11 is 0. The van der Waals surface area contributed by atoms with E-state index in [0.29, 0.717) is 16.9 Å². The topological polar surface area (TPSA) is 87.9 Å². The molecule has 0 saturated heterocycles. The number of hydrogen-bond acceptors (Lipinski definition) is 6. The van der Waals surface area contributed by atoms with Crippen LogP contribution in [0.3, 0.4) is 0 Å². The summed E-state index contributed by atoms with van der Waals surface area (Å²) < 4.78 is 4.74. The molecule has 6 heteroatoms. The molecule has 1 atom stereocenters. The summed E-state index contributed by atoms with van der Waals surface area (Å²) in [4.78, 5) is 19.5. The second kappa shape index (κ2) is 5.82. The Morgan fingerprint density at radius 2 is 2.23 bits per heavy atom. The molecule has 1 unspecified atom stereocenters. The van der Waals surface area contributed by atoms with Gasteiger partial charge < -0.3 is 10.1 Å². The summed E-state index contributed by atoms with van der Waals surface area (Å²) in [5.74, 6) is 0.213. The Kier molecular flexibility index (Phi) is 3.71. The Morgan fingerprint density at radius 3 is 3.00 bits per heavy atom. The number of rotatable bonds is 3. The molecule has 2 aromatic rings. The number of methoxy groups -OCH3 is 1. The first-order chi connectivity index (χ1) is 10.7. The van der Waals surface area contributed by atoms with Crippen molar-refractivity contribution in [2.45, 2.75) is 18.9 Å². The number of benzene rings is 1. The van der Waals surface area contributed by atoms with E-state index in [1.807, 2.05) is 12.1 Å². The van der Waals surface area contributed by atoms with Crippen molar-refractivity contribution in [1.29, 1.82) is 5.26 Å². The summed E-state index contributed by atoms with van der Waals surface area (Å²) in [6.07, 6.45) is 4.51. The lowest BCUT2D eigenvalue weighted by Crippen LogP contribution is -2.21. The van der Waals surface area contributed by atoms with E-state index < -0.39 is 0 Å². The Bertz CT molecular complexity index is 767. The van der Waals surface area contributed by atoms with E-state index in [0.717, 1.165) is 18.4 Å². The fourth-order valence-electron chi connectivity index (χ4n) is 2.68. The van der Waals surface area contributed by atoms with E-state index in [1.165, 1.54) is 25.2 Å². The number of nitrogens with zero attached hydrogens (tertiary/aromatic N) is 3. The van der Waals surface area contributed by atoms with E-state index >= 15 is 0 Å². The van der Waals surface area contributed by atoms with Crippen LogP contribution in [0.2, 0.25) is 0 Å². The molecular weight excluding hydrogens is 280 g/mol. The van der Waals surface area contributed by atoms with Gasteiger partial charge in [-0.2, -0.15) is 5.26 Å². The zero-order valence-corrected chi connectivity index (χ0v) is 12.0. The summed E-state index contributed by atoms with van der Waals surface area (Å²) in [6.45, 7) is 0. The Labute approximate surface area is 127 Å². The maximum Gasteiger partial charge on any atom is 0.337 e. The maximum absolute atomic E-state index is 11.6. The molecule has 1 aromatic heterocycles. The zero-order valence-electron chi connectivity index (χ0n) is 12.0. The summed E-state index contributed by atoms with van der Waals surface area (Å²) in [7, 11) is 1.37. The third kappa shape index (κ3) is 2.61. The fraction of sp³-hybridized carbons (Fsp3) is 0.250. The predicted octanol–water partition coefficient (Wildman–Crippen LogP) is 1.71. The van der Waals surface area contributed by atoms with Crippen LogP contribution < -0.4 is 5.32 Å². The quantitative estimate of drug-likeness (QED) is 0.867. The molecule has 0 aliphatic heterocycles. The van der Waals surface area contributed by atoms with Gasteiger partial charge in [0.25, 0.3) is 0 Å². The Balaban J connectivity index is 1.77. The molecule has 1 aliphatic rings. The van der Waals surface area contributed by atoms with Crippen LogP contribution in [-0.4, -0.2) is 29.1 Å². The number of ether oxygens (including phenoxy) is 1. The van der Waals surface area contributed by atoms with Crippen LogP contribution in [0.1, 0.15) is 27.0 Å². The summed E-state index contributed by atoms with van der Waals surface area (Å²) in [6, 6.07) is 7.82. The van der Waals surface area contributed by atoms with Crippen molar-refractivity contribution in [3.8, 4) is 6.07 Å². The van der Waals surface area contributed by atoms with Gasteiger partial charge in [-0.15, -0.1) is 0 Å². The standard InChI is InChI=1S/C16H14N4O2/c1-22-16(21)11-3-2-10-5-14(6-12(10)4-11)20-15-13(7-17)8-18-9-19-15/h2-4,8-9,14H,5-6H2,1H3,(H,18,19,20). The molecule has 0 fully saturated rings. The van der Waals surface area contributed by atoms with Gasteiger partial charge in [0.2, 0.25) is 0 Å². The second-order valence-electron chi connectivity index (χ2n) is 5.12. The highest BCUT2D eigenvalue weighted by Crippen LogP contribution is 2.26. The van der Waals surface area contributed by atoms with Crippen LogP contribution in [-0.2, 0) is 17.6 Å². The van der Waals surface area contributed by atoms with Crippen molar-refractivity contribution in [3.05, 3.63) is 53.0 Å². The third-order valence-corrected chi connectivity index (χ3v) is 3.73. The van der Waals surface area contributed by atoms with Crippen LogP contribution in [0.15, 0.2) is 30.7 Å². The molecule has 6 nitrogen and oxygen atoms in total. The van der Waals surface area contributed by atoms with Crippen LogP contribution in [0.4, 0.5) is 5.82 Å². The van der Waals surface area contributed by atoms with Gasteiger partial charge >= 0.3 is 5.97 Å². The Morgan fingerprint density at radius 1 is 1.41 bits per heavy atom. The zero-order chi connectivity index (χ0) is 15.5. The van der Waals surface area contributed by atoms with Gasteiger partial charge in [-0.3, -0.25) is 0 Å². The number of hydrogen-bond donors (Lipinski definition) is 1. The summed E-state index contributed by atoms with van der Waals surface area (Å²) in [5, 5.41) is 12.3. The van der Waals surface area contributed by atoms with Gasteiger partial charge in [0.1, 0.15) is 23.8 Å². The molecule has 1 N–H and O–H groups in total.